The Bertz CT molecular complexity index is 1070. The number of allylic oxidation sites excluding steroid dienone is 3. The molecule has 32 heavy (non-hydrogen) atoms. The molecule has 2 heterocycles. The van der Waals surface area contributed by atoms with Gasteiger partial charge in [0, 0.05) is 30.9 Å². The number of aromatic nitrogens is 1. The molecule has 1 N–H and O–H groups in total. The van der Waals surface area contributed by atoms with Gasteiger partial charge in [0.05, 0.1) is 34.8 Å². The normalized spacial score (nSPS) is 20.8. The summed E-state index contributed by atoms with van der Waals surface area (Å²) in [4.78, 5) is 8.23. The van der Waals surface area contributed by atoms with E-state index in [1.165, 1.54) is 16.7 Å². The number of nitrogens with zero attached hydrogens (tertiary/aromatic N) is 3. The summed E-state index contributed by atoms with van der Waals surface area (Å²) < 4.78 is 5.80. The number of likely N-dealkylation sites (tertiary alicyclic amines) is 1. The first-order valence-electron chi connectivity index (χ1n) is 11.3. The largest absolute Gasteiger partial charge is 0.390 e. The molecule has 0 radical (unpaired) electrons. The fraction of sp³-hybridized carbons (Fsp3) is 0.462. The topological polar surface area (TPSA) is 69.4 Å². The Labute approximate surface area is 194 Å². The molecule has 6 heteroatoms. The van der Waals surface area contributed by atoms with Crippen molar-refractivity contribution in [3.8, 4) is 16.5 Å². The summed E-state index contributed by atoms with van der Waals surface area (Å²) in [6.45, 7) is 9.38. The molecule has 1 fully saturated rings. The molecule has 168 valence electrons. The Kier molecular flexibility index (Phi) is 6.92. The molecule has 1 saturated heterocycles. The highest BCUT2D eigenvalue weighted by molar-refractivity contribution is 7.16. The molecule has 1 aromatic heterocycles. The second-order valence-electron chi connectivity index (χ2n) is 8.85. The fourth-order valence-corrected chi connectivity index (χ4v) is 5.69. The summed E-state index contributed by atoms with van der Waals surface area (Å²) in [6, 6.07) is 9.27. The second kappa shape index (κ2) is 9.68. The average Bonchev–Trinajstić information content (AvgIpc) is 3.39. The number of β-amino-alcohol motifs (C(OH)–C–C–N with tert-alkyl or cyclic N) is 1. The van der Waals surface area contributed by atoms with Gasteiger partial charge in [-0.25, -0.2) is 4.98 Å². The lowest BCUT2D eigenvalue weighted by Crippen LogP contribution is -2.51. The zero-order chi connectivity index (χ0) is 22.8. The highest BCUT2D eigenvalue weighted by Crippen LogP contribution is 2.43. The first-order chi connectivity index (χ1) is 15.4. The van der Waals surface area contributed by atoms with Crippen molar-refractivity contribution in [1.82, 2.24) is 9.88 Å². The molecular weight excluding hydrogens is 418 g/mol. The number of benzene rings is 1. The van der Waals surface area contributed by atoms with Crippen molar-refractivity contribution >= 4 is 16.9 Å². The van der Waals surface area contributed by atoms with Gasteiger partial charge in [-0.15, -0.1) is 11.3 Å². The van der Waals surface area contributed by atoms with Crippen molar-refractivity contribution < 1.29 is 9.84 Å². The molecule has 1 aliphatic carbocycles. The number of aliphatic hydroxyl groups excluding tert-OH is 1. The van der Waals surface area contributed by atoms with Gasteiger partial charge in [-0.05, 0) is 63.3 Å². The number of rotatable bonds is 7. The van der Waals surface area contributed by atoms with Crippen LogP contribution in [0.15, 0.2) is 42.1 Å². The number of hydrogen-bond donors (Lipinski definition) is 1. The molecule has 2 aromatic rings. The van der Waals surface area contributed by atoms with Crippen LogP contribution in [-0.2, 0) is 11.2 Å². The van der Waals surface area contributed by atoms with E-state index in [0.717, 1.165) is 41.4 Å². The van der Waals surface area contributed by atoms with Crippen LogP contribution in [-0.4, -0.2) is 46.4 Å². The summed E-state index contributed by atoms with van der Waals surface area (Å²) in [5, 5.41) is 20.3. The Hall–Kier alpha value is -2.30. The summed E-state index contributed by atoms with van der Waals surface area (Å²) in [7, 11) is 0. The van der Waals surface area contributed by atoms with Crippen molar-refractivity contribution in [3.05, 3.63) is 58.3 Å². The van der Waals surface area contributed by atoms with E-state index >= 15 is 0 Å². The quantitative estimate of drug-likeness (QED) is 0.468. The van der Waals surface area contributed by atoms with E-state index in [0.29, 0.717) is 11.6 Å². The minimum absolute atomic E-state index is 0.0609. The predicted octanol–water partition coefficient (Wildman–Crippen LogP) is 5.14. The fourth-order valence-electron chi connectivity index (χ4n) is 4.68. The lowest BCUT2D eigenvalue weighted by molar-refractivity contribution is -0.0251. The first kappa shape index (κ1) is 22.9. The summed E-state index contributed by atoms with van der Waals surface area (Å²) in [5.74, 6) is 0. The minimum Gasteiger partial charge on any atom is -0.390 e. The van der Waals surface area contributed by atoms with Gasteiger partial charge in [-0.1, -0.05) is 24.3 Å². The third-order valence-electron chi connectivity index (χ3n) is 6.25. The van der Waals surface area contributed by atoms with Gasteiger partial charge in [0.15, 0.2) is 0 Å². The van der Waals surface area contributed by atoms with Crippen LogP contribution in [0.1, 0.15) is 56.3 Å². The van der Waals surface area contributed by atoms with E-state index < -0.39 is 0 Å². The molecule has 0 amide bonds. The Morgan fingerprint density at radius 2 is 2.12 bits per heavy atom. The third-order valence-corrected chi connectivity index (χ3v) is 7.33. The van der Waals surface area contributed by atoms with Gasteiger partial charge in [0.1, 0.15) is 5.01 Å². The van der Waals surface area contributed by atoms with Gasteiger partial charge in [0.25, 0.3) is 0 Å². The van der Waals surface area contributed by atoms with E-state index in [9.17, 15) is 10.4 Å². The highest BCUT2D eigenvalue weighted by atomic mass is 32.1. The minimum atomic E-state index is -0.260. The molecular formula is C26H31N3O2S. The Morgan fingerprint density at radius 3 is 2.78 bits per heavy atom. The lowest BCUT2D eigenvalue weighted by Gasteiger charge is -2.40. The van der Waals surface area contributed by atoms with E-state index in [-0.39, 0.29) is 18.3 Å². The van der Waals surface area contributed by atoms with Crippen LogP contribution < -0.4 is 0 Å². The summed E-state index contributed by atoms with van der Waals surface area (Å²) in [5.41, 5.74) is 5.59. The number of nitriles is 1. The molecule has 0 bridgehead atoms. The summed E-state index contributed by atoms with van der Waals surface area (Å²) >= 11 is 1.66. The zero-order valence-corrected chi connectivity index (χ0v) is 20.0. The summed E-state index contributed by atoms with van der Waals surface area (Å²) in [6.07, 6.45) is 7.63. The Balaban J connectivity index is 1.59. The van der Waals surface area contributed by atoms with Crippen molar-refractivity contribution in [2.24, 2.45) is 0 Å². The van der Waals surface area contributed by atoms with E-state index in [4.69, 9.17) is 9.72 Å². The third kappa shape index (κ3) is 4.57. The number of aliphatic hydroxyl groups is 1. The molecule has 2 atom stereocenters. The smallest absolute Gasteiger partial charge is 0.123 e. The molecule has 0 saturated carbocycles. The SMILES string of the molecule is C/C=C(\C=C(\C#N)C(C)OC(C)C)c1ncc(-c2cccc3c2CCC3N2CC(O)C2)s1. The number of hydrogen-bond acceptors (Lipinski definition) is 6. The van der Waals surface area contributed by atoms with Crippen LogP contribution in [0.25, 0.3) is 16.0 Å². The van der Waals surface area contributed by atoms with Crippen LogP contribution in [0.4, 0.5) is 0 Å². The van der Waals surface area contributed by atoms with Crippen molar-refractivity contribution in [2.45, 2.75) is 64.9 Å². The van der Waals surface area contributed by atoms with Gasteiger partial charge in [-0.2, -0.15) is 5.26 Å². The monoisotopic (exact) mass is 449 g/mol. The molecule has 4 rings (SSSR count). The van der Waals surface area contributed by atoms with Crippen molar-refractivity contribution in [2.75, 3.05) is 13.1 Å². The molecule has 1 aliphatic heterocycles. The Morgan fingerprint density at radius 1 is 1.34 bits per heavy atom. The van der Waals surface area contributed by atoms with Crippen LogP contribution >= 0.6 is 11.3 Å². The van der Waals surface area contributed by atoms with Gasteiger partial charge in [-0.3, -0.25) is 4.90 Å². The lowest BCUT2D eigenvalue weighted by atomic mass is 9.99. The number of ether oxygens (including phenoxy) is 1. The van der Waals surface area contributed by atoms with Crippen LogP contribution in [0.5, 0.6) is 0 Å². The molecule has 2 unspecified atom stereocenters. The van der Waals surface area contributed by atoms with Crippen molar-refractivity contribution in [1.29, 1.82) is 5.26 Å². The maximum atomic E-state index is 9.71. The number of fused-ring (bicyclic) bond motifs is 1. The molecule has 5 nitrogen and oxygen atoms in total. The van der Waals surface area contributed by atoms with Crippen molar-refractivity contribution in [3.63, 3.8) is 0 Å². The standard InChI is InChI=1S/C26H31N3O2S/c1-5-18(11-19(12-27)17(4)31-16(2)3)26-28-13-25(32-26)23-8-6-7-22-21(23)9-10-24(22)29-14-20(30)15-29/h5-8,11,13,16-17,20,24,30H,9-10,14-15H2,1-4H3/b18-5+,19-11-. The van der Waals surface area contributed by atoms with Crippen LogP contribution in [0.3, 0.4) is 0 Å². The van der Waals surface area contributed by atoms with Gasteiger partial charge < -0.3 is 9.84 Å². The van der Waals surface area contributed by atoms with E-state index in [1.54, 1.807) is 11.3 Å². The van der Waals surface area contributed by atoms with E-state index in [1.807, 2.05) is 46.0 Å². The zero-order valence-electron chi connectivity index (χ0n) is 19.2. The maximum Gasteiger partial charge on any atom is 0.123 e. The molecule has 2 aliphatic rings. The number of thiazole rings is 1. The maximum absolute atomic E-state index is 9.71. The highest BCUT2D eigenvalue weighted by Gasteiger charge is 2.36. The van der Waals surface area contributed by atoms with Gasteiger partial charge >= 0.3 is 0 Å². The van der Waals surface area contributed by atoms with E-state index in [2.05, 4.69) is 29.2 Å². The molecule has 0 spiro atoms. The first-order valence-corrected chi connectivity index (χ1v) is 12.2. The van der Waals surface area contributed by atoms with Crippen LogP contribution in [0, 0.1) is 11.3 Å². The second-order valence-corrected chi connectivity index (χ2v) is 9.88. The predicted molar refractivity (Wildman–Crippen MR) is 129 cm³/mol. The van der Waals surface area contributed by atoms with Crippen LogP contribution in [0.2, 0.25) is 0 Å². The average molecular weight is 450 g/mol. The van der Waals surface area contributed by atoms with Gasteiger partial charge in [0.2, 0.25) is 0 Å². The molecule has 1 aromatic carbocycles.